The van der Waals surface area contributed by atoms with Crippen LogP contribution >= 0.6 is 0 Å². The summed E-state index contributed by atoms with van der Waals surface area (Å²) >= 11 is 0. The van der Waals surface area contributed by atoms with Crippen LogP contribution in [0.2, 0.25) is 0 Å². The molecule has 1 aromatic rings. The van der Waals surface area contributed by atoms with Crippen molar-refractivity contribution in [2.24, 2.45) is 0 Å². The minimum atomic E-state index is -0.0256. The zero-order chi connectivity index (χ0) is 13.0. The van der Waals surface area contributed by atoms with Crippen LogP contribution in [-0.2, 0) is 6.42 Å². The van der Waals surface area contributed by atoms with Crippen molar-refractivity contribution in [1.29, 1.82) is 0 Å². The molecule has 1 N–H and O–H groups in total. The van der Waals surface area contributed by atoms with Crippen LogP contribution in [0.15, 0.2) is 11.3 Å². The van der Waals surface area contributed by atoms with Crippen LogP contribution in [-0.4, -0.2) is 34.5 Å². The highest BCUT2D eigenvalue weighted by molar-refractivity contribution is 6.26. The summed E-state index contributed by atoms with van der Waals surface area (Å²) in [5, 5.41) is 0. The minimum Gasteiger partial charge on any atom is -0.364 e. The molecule has 0 amide bonds. The fourth-order valence-electron chi connectivity index (χ4n) is 2.69. The van der Waals surface area contributed by atoms with E-state index >= 15 is 0 Å². The number of hydrogen-bond acceptors (Lipinski definition) is 3. The van der Waals surface area contributed by atoms with Crippen molar-refractivity contribution in [2.45, 2.75) is 27.2 Å². The van der Waals surface area contributed by atoms with Gasteiger partial charge in [-0.15, -0.1) is 0 Å². The number of ketones is 2. The third kappa shape index (κ3) is 1.32. The van der Waals surface area contributed by atoms with Crippen LogP contribution in [0.3, 0.4) is 0 Å². The number of allylic oxidation sites excluding steroid dienone is 2. The van der Waals surface area contributed by atoms with Gasteiger partial charge in [0, 0.05) is 24.4 Å². The van der Waals surface area contributed by atoms with Gasteiger partial charge in [0.1, 0.15) is 5.69 Å². The number of hydrogen-bond donors (Lipinski definition) is 1. The molecule has 1 saturated heterocycles. The molecule has 2 aliphatic rings. The van der Waals surface area contributed by atoms with Gasteiger partial charge in [-0.05, 0) is 25.8 Å². The Hall–Kier alpha value is -1.84. The minimum absolute atomic E-state index is 0.0000463. The Labute approximate surface area is 106 Å². The Kier molecular flexibility index (Phi) is 2.24. The zero-order valence-electron chi connectivity index (χ0n) is 10.9. The van der Waals surface area contributed by atoms with Gasteiger partial charge in [-0.25, -0.2) is 0 Å². The lowest BCUT2D eigenvalue weighted by Crippen LogP contribution is -2.24. The number of carbonyl (C=O) groups excluding carboxylic acids is 2. The van der Waals surface area contributed by atoms with E-state index in [-0.39, 0.29) is 11.6 Å². The van der Waals surface area contributed by atoms with Crippen molar-refractivity contribution in [2.75, 3.05) is 13.1 Å². The van der Waals surface area contributed by atoms with E-state index in [2.05, 4.69) is 4.98 Å². The summed E-state index contributed by atoms with van der Waals surface area (Å²) in [6, 6.07) is 0. The largest absolute Gasteiger partial charge is 0.364 e. The number of carbonyl (C=O) groups is 2. The van der Waals surface area contributed by atoms with E-state index in [0.29, 0.717) is 22.5 Å². The van der Waals surface area contributed by atoms with Crippen molar-refractivity contribution in [3.8, 4) is 0 Å². The van der Waals surface area contributed by atoms with E-state index in [4.69, 9.17) is 0 Å². The molecule has 1 aromatic heterocycles. The van der Waals surface area contributed by atoms with Crippen molar-refractivity contribution in [3.63, 3.8) is 0 Å². The van der Waals surface area contributed by atoms with Crippen LogP contribution in [0, 0.1) is 6.92 Å². The molecule has 0 radical (unpaired) electrons. The number of nitrogens with zero attached hydrogens (tertiary/aromatic N) is 1. The van der Waals surface area contributed by atoms with Gasteiger partial charge >= 0.3 is 0 Å². The van der Waals surface area contributed by atoms with E-state index < -0.39 is 0 Å². The van der Waals surface area contributed by atoms with Gasteiger partial charge in [0.05, 0.1) is 11.3 Å². The Balaban J connectivity index is 2.21. The average molecular weight is 244 g/mol. The first-order valence-corrected chi connectivity index (χ1v) is 6.32. The predicted molar refractivity (Wildman–Crippen MR) is 67.8 cm³/mol. The van der Waals surface area contributed by atoms with Gasteiger partial charge in [0.2, 0.25) is 5.78 Å². The van der Waals surface area contributed by atoms with Crippen molar-refractivity contribution in [1.82, 2.24) is 9.88 Å². The monoisotopic (exact) mass is 244 g/mol. The first-order valence-electron chi connectivity index (χ1n) is 6.32. The van der Waals surface area contributed by atoms with E-state index in [9.17, 15) is 9.59 Å². The molecular weight excluding hydrogens is 228 g/mol. The fourth-order valence-corrected chi connectivity index (χ4v) is 2.69. The average Bonchev–Trinajstić information content (AvgIpc) is 3.10. The number of rotatable bonds is 2. The first-order chi connectivity index (χ1) is 8.56. The van der Waals surface area contributed by atoms with Crippen molar-refractivity contribution in [3.05, 3.63) is 33.8 Å². The van der Waals surface area contributed by atoms with E-state index in [1.54, 1.807) is 6.92 Å². The molecule has 0 spiro atoms. The molecule has 0 unspecified atom stereocenters. The lowest BCUT2D eigenvalue weighted by atomic mass is 9.90. The lowest BCUT2D eigenvalue weighted by Gasteiger charge is -2.17. The van der Waals surface area contributed by atoms with E-state index in [1.807, 2.05) is 18.7 Å². The summed E-state index contributed by atoms with van der Waals surface area (Å²) in [5.41, 5.74) is 4.17. The zero-order valence-corrected chi connectivity index (χ0v) is 10.9. The molecule has 1 fully saturated rings. The maximum absolute atomic E-state index is 12.5. The smallest absolute Gasteiger partial charge is 0.226 e. The number of aryl methyl sites for hydroxylation is 1. The molecule has 1 aliphatic carbocycles. The number of Topliss-reactive ketones (excluding diaryl/α,β-unsaturated/α-hetero) is 2. The summed E-state index contributed by atoms with van der Waals surface area (Å²) in [7, 11) is 0. The third-order valence-electron chi connectivity index (χ3n) is 3.84. The normalized spacial score (nSPS) is 18.5. The molecular formula is C14H16N2O2. The van der Waals surface area contributed by atoms with Crippen molar-refractivity contribution < 1.29 is 9.59 Å². The van der Waals surface area contributed by atoms with Gasteiger partial charge in [0.15, 0.2) is 5.78 Å². The third-order valence-corrected chi connectivity index (χ3v) is 3.84. The van der Waals surface area contributed by atoms with Crippen LogP contribution in [0.1, 0.15) is 46.0 Å². The Bertz CT molecular complexity index is 604. The summed E-state index contributed by atoms with van der Waals surface area (Å²) in [6.45, 7) is 7.44. The van der Waals surface area contributed by atoms with Gasteiger partial charge in [0.25, 0.3) is 0 Å². The Morgan fingerprint density at radius 1 is 1.17 bits per heavy atom. The van der Waals surface area contributed by atoms with Crippen molar-refractivity contribution >= 4 is 11.6 Å². The van der Waals surface area contributed by atoms with Crippen LogP contribution in [0.5, 0.6) is 0 Å². The summed E-state index contributed by atoms with van der Waals surface area (Å²) in [4.78, 5) is 29.9. The molecule has 18 heavy (non-hydrogen) atoms. The molecule has 0 atom stereocenters. The van der Waals surface area contributed by atoms with E-state index in [1.165, 1.54) is 0 Å². The Morgan fingerprint density at radius 3 is 2.39 bits per heavy atom. The number of aromatic nitrogens is 1. The molecule has 4 heteroatoms. The van der Waals surface area contributed by atoms with Gasteiger partial charge in [-0.2, -0.15) is 0 Å². The maximum atomic E-state index is 12.5. The van der Waals surface area contributed by atoms with Crippen LogP contribution in [0.25, 0.3) is 0 Å². The van der Waals surface area contributed by atoms with Crippen LogP contribution < -0.4 is 0 Å². The van der Waals surface area contributed by atoms with E-state index in [0.717, 1.165) is 30.8 Å². The summed E-state index contributed by atoms with van der Waals surface area (Å²) < 4.78 is 0. The predicted octanol–water partition coefficient (Wildman–Crippen LogP) is 1.85. The lowest BCUT2D eigenvalue weighted by molar-refractivity contribution is 0.0957. The highest BCUT2D eigenvalue weighted by Crippen LogP contribution is 2.33. The maximum Gasteiger partial charge on any atom is 0.226 e. The van der Waals surface area contributed by atoms with Gasteiger partial charge in [-0.3, -0.25) is 9.59 Å². The number of nitrogens with one attached hydrogen (secondary N) is 1. The van der Waals surface area contributed by atoms with Crippen LogP contribution in [0.4, 0.5) is 0 Å². The summed E-state index contributed by atoms with van der Waals surface area (Å²) in [6.07, 6.45) is 0.803. The topological polar surface area (TPSA) is 52.9 Å². The second kappa shape index (κ2) is 3.57. The SMILES string of the molecule is CCc1[nH]c2c(c1C)C(=O)C(C)=C(N1CC1)C2=O. The van der Waals surface area contributed by atoms with Gasteiger partial charge in [-0.1, -0.05) is 6.92 Å². The second-order valence-corrected chi connectivity index (χ2v) is 4.95. The molecule has 4 nitrogen and oxygen atoms in total. The highest BCUT2D eigenvalue weighted by atomic mass is 16.1. The summed E-state index contributed by atoms with van der Waals surface area (Å²) in [5.74, 6) is -0.0256. The number of H-pyrrole nitrogens is 1. The number of aromatic amines is 1. The molecule has 2 heterocycles. The second-order valence-electron chi connectivity index (χ2n) is 4.95. The molecule has 0 bridgehead atoms. The Morgan fingerprint density at radius 2 is 1.83 bits per heavy atom. The standard InChI is InChI=1S/C14H16N2O2/c1-4-9-7(2)10-11(15-9)14(18)12(16-5-6-16)8(3)13(10)17/h15H,4-6H2,1-3H3. The number of fused-ring (bicyclic) bond motifs is 1. The molecule has 3 rings (SSSR count). The molecule has 1 aliphatic heterocycles. The molecule has 0 aromatic carbocycles. The molecule has 0 saturated carbocycles. The fraction of sp³-hybridized carbons (Fsp3) is 0.429. The highest BCUT2D eigenvalue weighted by Gasteiger charge is 2.39. The van der Waals surface area contributed by atoms with Gasteiger partial charge < -0.3 is 9.88 Å². The quantitative estimate of drug-likeness (QED) is 0.808. The first kappa shape index (κ1) is 11.3. The molecule has 94 valence electrons.